The minimum Gasteiger partial charge on any atom is -0.466 e. The molecule has 0 aromatic carbocycles. The van der Waals surface area contributed by atoms with Gasteiger partial charge in [-0.25, -0.2) is 14.4 Å². The van der Waals surface area contributed by atoms with E-state index in [9.17, 15) is 24.0 Å². The average Bonchev–Trinajstić information content (AvgIpc) is 2.59. The lowest BCUT2D eigenvalue weighted by Crippen LogP contribution is -2.49. The Hall–Kier alpha value is -2.65. The van der Waals surface area contributed by atoms with Crippen molar-refractivity contribution in [2.75, 3.05) is 6.61 Å². The summed E-state index contributed by atoms with van der Waals surface area (Å²) in [6.45, 7) is 13.1. The molecule has 178 valence electrons. The molecule has 0 rings (SSSR count). The fourth-order valence-electron chi connectivity index (χ4n) is 2.65. The maximum Gasteiger partial charge on any atom is 0.350 e. The Kier molecular flexibility index (Phi) is 10.7. The summed E-state index contributed by atoms with van der Waals surface area (Å²) in [5.74, 6) is -4.13. The predicted molar refractivity (Wildman–Crippen MR) is 108 cm³/mol. The third-order valence-corrected chi connectivity index (χ3v) is 4.01. The van der Waals surface area contributed by atoms with Crippen molar-refractivity contribution in [3.63, 3.8) is 0 Å². The van der Waals surface area contributed by atoms with Gasteiger partial charge in [0.2, 0.25) is 5.60 Å². The Morgan fingerprint density at radius 3 is 1.74 bits per heavy atom. The van der Waals surface area contributed by atoms with Crippen LogP contribution in [-0.4, -0.2) is 60.4 Å². The van der Waals surface area contributed by atoms with Gasteiger partial charge in [0.25, 0.3) is 0 Å². The zero-order valence-corrected chi connectivity index (χ0v) is 19.7. The lowest BCUT2D eigenvalue weighted by Gasteiger charge is -2.34. The first-order chi connectivity index (χ1) is 14.1. The molecule has 0 aromatic heterocycles. The number of carbonyl (C=O) groups excluding carboxylic acids is 5. The smallest absolute Gasteiger partial charge is 0.350 e. The summed E-state index contributed by atoms with van der Waals surface area (Å²) in [4.78, 5) is 60.5. The first-order valence-corrected chi connectivity index (χ1v) is 10.0. The number of rotatable bonds is 11. The fourth-order valence-corrected chi connectivity index (χ4v) is 2.65. The summed E-state index contributed by atoms with van der Waals surface area (Å²) >= 11 is 0. The average molecular weight is 446 g/mol. The molecule has 0 heterocycles. The van der Waals surface area contributed by atoms with Crippen LogP contribution in [0.5, 0.6) is 0 Å². The van der Waals surface area contributed by atoms with Gasteiger partial charge in [0.05, 0.1) is 18.1 Å². The minimum atomic E-state index is -1.86. The van der Waals surface area contributed by atoms with Gasteiger partial charge in [0.15, 0.2) is 12.2 Å². The quantitative estimate of drug-likeness (QED) is 0.343. The largest absolute Gasteiger partial charge is 0.466 e. The van der Waals surface area contributed by atoms with Crippen LogP contribution in [-0.2, 0) is 47.7 Å². The van der Waals surface area contributed by atoms with E-state index in [4.69, 9.17) is 23.7 Å². The van der Waals surface area contributed by atoms with Gasteiger partial charge in [-0.2, -0.15) is 0 Å². The fraction of sp³-hybridized carbons (Fsp3) is 0.762. The van der Waals surface area contributed by atoms with E-state index in [1.165, 1.54) is 20.8 Å². The Morgan fingerprint density at radius 1 is 0.774 bits per heavy atom. The molecule has 0 bridgehead atoms. The molecule has 0 aliphatic rings. The Morgan fingerprint density at radius 2 is 1.29 bits per heavy atom. The van der Waals surface area contributed by atoms with Gasteiger partial charge in [-0.1, -0.05) is 0 Å². The highest BCUT2D eigenvalue weighted by Gasteiger charge is 2.48. The van der Waals surface area contributed by atoms with Crippen molar-refractivity contribution in [3.05, 3.63) is 0 Å². The van der Waals surface area contributed by atoms with Crippen LogP contribution in [0.4, 0.5) is 0 Å². The number of esters is 5. The van der Waals surface area contributed by atoms with Gasteiger partial charge < -0.3 is 23.7 Å². The highest BCUT2D eigenvalue weighted by atomic mass is 16.6. The molecule has 0 fully saturated rings. The molecule has 10 heteroatoms. The molecule has 31 heavy (non-hydrogen) atoms. The molecule has 3 atom stereocenters. The molecule has 3 unspecified atom stereocenters. The van der Waals surface area contributed by atoms with Crippen LogP contribution >= 0.6 is 0 Å². The number of carbonyl (C=O) groups is 5. The molecule has 0 aliphatic carbocycles. The molecular formula is C21H34O10. The third kappa shape index (κ3) is 9.35. The Bertz CT molecular complexity index is 682. The van der Waals surface area contributed by atoms with Gasteiger partial charge in [-0.05, 0) is 55.4 Å². The zero-order valence-electron chi connectivity index (χ0n) is 19.7. The maximum absolute atomic E-state index is 12.7. The van der Waals surface area contributed by atoms with Crippen molar-refractivity contribution >= 4 is 29.8 Å². The molecule has 0 aromatic rings. The summed E-state index contributed by atoms with van der Waals surface area (Å²) in [6, 6.07) is 0. The van der Waals surface area contributed by atoms with E-state index in [2.05, 4.69) is 0 Å². The summed E-state index contributed by atoms with van der Waals surface area (Å²) in [5, 5.41) is 0. The number of ether oxygens (including phenoxy) is 5. The molecule has 0 saturated heterocycles. The standard InChI is InChI=1S/C21H34O10/c1-10-27-18(25)20(7,8)11-21(9,19(26)28-12(2)3)31-17(24)14(5)30-16(23)13(4)29-15(6)22/h12-14H,10-11H2,1-9H3. The van der Waals surface area contributed by atoms with Gasteiger partial charge in [-0.3, -0.25) is 9.59 Å². The highest BCUT2D eigenvalue weighted by Crippen LogP contribution is 2.33. The van der Waals surface area contributed by atoms with Crippen LogP contribution in [0.3, 0.4) is 0 Å². The first kappa shape index (κ1) is 28.4. The van der Waals surface area contributed by atoms with Crippen molar-refractivity contribution in [1.29, 1.82) is 0 Å². The van der Waals surface area contributed by atoms with Crippen LogP contribution in [0.1, 0.15) is 68.7 Å². The Labute approximate surface area is 182 Å². The first-order valence-electron chi connectivity index (χ1n) is 10.0. The van der Waals surface area contributed by atoms with E-state index < -0.39 is 59.2 Å². The summed E-state index contributed by atoms with van der Waals surface area (Å²) in [6.07, 6.45) is -3.38. The molecule has 0 saturated carbocycles. The van der Waals surface area contributed by atoms with Crippen LogP contribution in [0, 0.1) is 5.41 Å². The van der Waals surface area contributed by atoms with Crippen LogP contribution < -0.4 is 0 Å². The molecule has 10 nitrogen and oxygen atoms in total. The zero-order chi connectivity index (χ0) is 24.6. The van der Waals surface area contributed by atoms with Crippen molar-refractivity contribution < 1.29 is 47.7 Å². The molecular weight excluding hydrogens is 412 g/mol. The predicted octanol–water partition coefficient (Wildman–Crippen LogP) is 2.10. The summed E-state index contributed by atoms with van der Waals surface area (Å²) < 4.78 is 25.3. The van der Waals surface area contributed by atoms with Gasteiger partial charge in [0, 0.05) is 13.3 Å². The molecule has 0 spiro atoms. The normalized spacial score (nSPS) is 15.2. The third-order valence-electron chi connectivity index (χ3n) is 4.01. The second-order valence-electron chi connectivity index (χ2n) is 8.22. The van der Waals surface area contributed by atoms with E-state index >= 15 is 0 Å². The van der Waals surface area contributed by atoms with E-state index in [-0.39, 0.29) is 13.0 Å². The van der Waals surface area contributed by atoms with Gasteiger partial charge >= 0.3 is 29.8 Å². The second kappa shape index (κ2) is 11.7. The number of hydrogen-bond donors (Lipinski definition) is 0. The van der Waals surface area contributed by atoms with E-state index in [0.717, 1.165) is 6.92 Å². The van der Waals surface area contributed by atoms with Crippen molar-refractivity contribution in [2.24, 2.45) is 5.41 Å². The lowest BCUT2D eigenvalue weighted by molar-refractivity contribution is -0.197. The highest BCUT2D eigenvalue weighted by molar-refractivity contribution is 5.87. The van der Waals surface area contributed by atoms with Crippen molar-refractivity contribution in [3.8, 4) is 0 Å². The lowest BCUT2D eigenvalue weighted by atomic mass is 9.80. The van der Waals surface area contributed by atoms with Crippen LogP contribution in [0.2, 0.25) is 0 Å². The van der Waals surface area contributed by atoms with Gasteiger partial charge in [-0.15, -0.1) is 0 Å². The Balaban J connectivity index is 5.54. The number of hydrogen-bond acceptors (Lipinski definition) is 10. The van der Waals surface area contributed by atoms with Crippen LogP contribution in [0.25, 0.3) is 0 Å². The molecule has 0 radical (unpaired) electrons. The van der Waals surface area contributed by atoms with E-state index in [0.29, 0.717) is 0 Å². The molecule has 0 amide bonds. The van der Waals surface area contributed by atoms with Crippen molar-refractivity contribution in [1.82, 2.24) is 0 Å². The molecule has 0 aliphatic heterocycles. The second-order valence-corrected chi connectivity index (χ2v) is 8.22. The van der Waals surface area contributed by atoms with E-state index in [1.807, 2.05) is 0 Å². The molecule has 0 N–H and O–H groups in total. The minimum absolute atomic E-state index is 0.142. The maximum atomic E-state index is 12.7. The topological polar surface area (TPSA) is 132 Å². The van der Waals surface area contributed by atoms with E-state index in [1.54, 1.807) is 34.6 Å². The SMILES string of the molecule is CCOC(=O)C(C)(C)CC(C)(OC(=O)C(C)OC(=O)C(C)OC(C)=O)C(=O)OC(C)C. The van der Waals surface area contributed by atoms with Crippen LogP contribution in [0.15, 0.2) is 0 Å². The summed E-state index contributed by atoms with van der Waals surface area (Å²) in [7, 11) is 0. The summed E-state index contributed by atoms with van der Waals surface area (Å²) in [5.41, 5.74) is -3.05. The monoisotopic (exact) mass is 446 g/mol. The van der Waals surface area contributed by atoms with Gasteiger partial charge in [0.1, 0.15) is 0 Å². The van der Waals surface area contributed by atoms with Crippen molar-refractivity contribution in [2.45, 2.75) is 92.6 Å².